The summed E-state index contributed by atoms with van der Waals surface area (Å²) in [5.41, 5.74) is -0.397. The van der Waals surface area contributed by atoms with E-state index in [1.54, 1.807) is 30.2 Å². The van der Waals surface area contributed by atoms with Gasteiger partial charge >= 0.3 is 0 Å². The van der Waals surface area contributed by atoms with Gasteiger partial charge in [0.15, 0.2) is 0 Å². The van der Waals surface area contributed by atoms with E-state index < -0.39 is 5.54 Å². The Kier molecular flexibility index (Phi) is 5.56. The summed E-state index contributed by atoms with van der Waals surface area (Å²) in [7, 11) is 1.62. The Morgan fingerprint density at radius 1 is 1.24 bits per heavy atom. The molecule has 0 aromatic heterocycles. The molecule has 0 radical (unpaired) electrons. The Hall–Kier alpha value is -1.30. The van der Waals surface area contributed by atoms with Crippen LogP contribution in [0.15, 0.2) is 18.2 Å². The van der Waals surface area contributed by atoms with Crippen molar-refractivity contribution in [1.82, 2.24) is 9.80 Å². The van der Waals surface area contributed by atoms with Crippen LogP contribution in [0.25, 0.3) is 0 Å². The van der Waals surface area contributed by atoms with Crippen molar-refractivity contribution in [2.75, 3.05) is 33.4 Å². The quantitative estimate of drug-likeness (QED) is 0.800. The second-order valence-electron chi connectivity index (χ2n) is 6.58. The maximum absolute atomic E-state index is 13.2. The molecule has 2 heterocycles. The van der Waals surface area contributed by atoms with Crippen LogP contribution in [-0.4, -0.2) is 60.5 Å². The van der Waals surface area contributed by atoms with Gasteiger partial charge in [0.1, 0.15) is 5.54 Å². The van der Waals surface area contributed by atoms with Gasteiger partial charge in [0.2, 0.25) is 5.91 Å². The van der Waals surface area contributed by atoms with Crippen molar-refractivity contribution >= 4 is 35.0 Å². The zero-order valence-electron chi connectivity index (χ0n) is 14.3. The number of likely N-dealkylation sites (tertiary alicyclic amines) is 2. The molecule has 1 unspecified atom stereocenters. The van der Waals surface area contributed by atoms with E-state index in [2.05, 4.69) is 0 Å². The average molecular weight is 385 g/mol. The van der Waals surface area contributed by atoms with Gasteiger partial charge in [-0.3, -0.25) is 9.59 Å². The molecule has 25 heavy (non-hydrogen) atoms. The van der Waals surface area contributed by atoms with Gasteiger partial charge in [-0.05, 0) is 37.8 Å². The van der Waals surface area contributed by atoms with Crippen molar-refractivity contribution in [3.8, 4) is 0 Å². The van der Waals surface area contributed by atoms with Gasteiger partial charge in [-0.25, -0.2) is 0 Å². The lowest BCUT2D eigenvalue weighted by atomic mass is 9.85. The number of hydrogen-bond acceptors (Lipinski definition) is 3. The molecule has 2 amide bonds. The van der Waals surface area contributed by atoms with Gasteiger partial charge in [0, 0.05) is 26.7 Å². The second kappa shape index (κ2) is 7.52. The molecular weight excluding hydrogens is 363 g/mol. The molecule has 2 aliphatic heterocycles. The highest BCUT2D eigenvalue weighted by molar-refractivity contribution is 6.43. The molecule has 1 spiro atoms. The van der Waals surface area contributed by atoms with E-state index in [1.807, 2.05) is 4.90 Å². The van der Waals surface area contributed by atoms with Crippen molar-refractivity contribution in [2.45, 2.75) is 31.2 Å². The Morgan fingerprint density at radius 3 is 2.68 bits per heavy atom. The standard InChI is InChI=1S/C18H22Cl2N2O3/c1-25-12-11-21-9-3-7-18(17(21)24)8-4-10-22(18)16(23)13-5-2-6-14(19)15(13)20/h2,5-6H,3-4,7-12H2,1H3. The van der Waals surface area contributed by atoms with Crippen molar-refractivity contribution < 1.29 is 14.3 Å². The summed E-state index contributed by atoms with van der Waals surface area (Å²) in [6.45, 7) is 2.32. The zero-order valence-corrected chi connectivity index (χ0v) is 15.8. The molecule has 0 N–H and O–H groups in total. The first-order valence-electron chi connectivity index (χ1n) is 8.55. The van der Waals surface area contributed by atoms with Crippen molar-refractivity contribution in [2.24, 2.45) is 0 Å². The van der Waals surface area contributed by atoms with Crippen LogP contribution in [0, 0.1) is 0 Å². The van der Waals surface area contributed by atoms with Gasteiger partial charge < -0.3 is 14.5 Å². The smallest absolute Gasteiger partial charge is 0.256 e. The van der Waals surface area contributed by atoms with Gasteiger partial charge in [0.05, 0.1) is 22.2 Å². The minimum absolute atomic E-state index is 0.0276. The number of amides is 2. The van der Waals surface area contributed by atoms with Crippen LogP contribution in [0.1, 0.15) is 36.0 Å². The lowest BCUT2D eigenvalue weighted by molar-refractivity contribution is -0.146. The van der Waals surface area contributed by atoms with E-state index in [-0.39, 0.29) is 16.8 Å². The normalized spacial score (nSPS) is 23.6. The molecule has 1 atom stereocenters. The number of carbonyl (C=O) groups excluding carboxylic acids is 2. The van der Waals surface area contributed by atoms with Crippen LogP contribution >= 0.6 is 23.2 Å². The molecule has 1 aromatic rings. The summed E-state index contributed by atoms with van der Waals surface area (Å²) in [6, 6.07) is 5.02. The van der Waals surface area contributed by atoms with E-state index in [4.69, 9.17) is 27.9 Å². The van der Waals surface area contributed by atoms with E-state index in [9.17, 15) is 9.59 Å². The SMILES string of the molecule is COCCN1CCCC2(CCCN2C(=O)c2cccc(Cl)c2Cl)C1=O. The Bertz CT molecular complexity index is 682. The van der Waals surface area contributed by atoms with Crippen LogP contribution in [-0.2, 0) is 9.53 Å². The first kappa shape index (κ1) is 18.5. The van der Waals surface area contributed by atoms with E-state index in [0.29, 0.717) is 49.7 Å². The molecule has 0 aliphatic carbocycles. The Balaban J connectivity index is 1.89. The summed E-state index contributed by atoms with van der Waals surface area (Å²) in [5.74, 6) is -0.188. The van der Waals surface area contributed by atoms with Crippen molar-refractivity contribution in [1.29, 1.82) is 0 Å². The fourth-order valence-electron chi connectivity index (χ4n) is 3.95. The van der Waals surface area contributed by atoms with Crippen molar-refractivity contribution in [3.05, 3.63) is 33.8 Å². The van der Waals surface area contributed by atoms with Crippen LogP contribution in [0.4, 0.5) is 0 Å². The molecule has 5 nitrogen and oxygen atoms in total. The molecule has 3 rings (SSSR count). The number of benzene rings is 1. The zero-order chi connectivity index (χ0) is 18.0. The fourth-order valence-corrected chi connectivity index (χ4v) is 4.33. The van der Waals surface area contributed by atoms with Gasteiger partial charge in [0.25, 0.3) is 5.91 Å². The van der Waals surface area contributed by atoms with Gasteiger partial charge in [-0.15, -0.1) is 0 Å². The van der Waals surface area contributed by atoms with E-state index >= 15 is 0 Å². The number of piperidine rings is 1. The number of methoxy groups -OCH3 is 1. The summed E-state index contributed by atoms with van der Waals surface area (Å²) < 4.78 is 5.11. The number of hydrogen-bond donors (Lipinski definition) is 0. The summed E-state index contributed by atoms with van der Waals surface area (Å²) >= 11 is 12.3. The molecule has 7 heteroatoms. The summed E-state index contributed by atoms with van der Waals surface area (Å²) in [4.78, 5) is 29.8. The monoisotopic (exact) mass is 384 g/mol. The number of halogens is 2. The summed E-state index contributed by atoms with van der Waals surface area (Å²) in [6.07, 6.45) is 3.08. The molecule has 2 fully saturated rings. The third-order valence-corrected chi connectivity index (χ3v) is 6.00. The molecular formula is C18H22Cl2N2O3. The maximum Gasteiger partial charge on any atom is 0.256 e. The number of rotatable bonds is 4. The minimum Gasteiger partial charge on any atom is -0.383 e. The fraction of sp³-hybridized carbons (Fsp3) is 0.556. The lowest BCUT2D eigenvalue weighted by Crippen LogP contribution is -2.61. The largest absolute Gasteiger partial charge is 0.383 e. The first-order valence-corrected chi connectivity index (χ1v) is 9.31. The highest BCUT2D eigenvalue weighted by atomic mass is 35.5. The van der Waals surface area contributed by atoms with Crippen molar-refractivity contribution in [3.63, 3.8) is 0 Å². The molecule has 2 aliphatic rings. The Morgan fingerprint density at radius 2 is 1.96 bits per heavy atom. The van der Waals surface area contributed by atoms with Crippen LogP contribution in [0.5, 0.6) is 0 Å². The molecule has 1 aromatic carbocycles. The number of ether oxygens (including phenoxy) is 1. The van der Waals surface area contributed by atoms with Gasteiger partial charge in [-0.1, -0.05) is 29.3 Å². The topological polar surface area (TPSA) is 49.9 Å². The maximum atomic E-state index is 13.2. The van der Waals surface area contributed by atoms with Crippen LogP contribution in [0.3, 0.4) is 0 Å². The van der Waals surface area contributed by atoms with Crippen LogP contribution in [0.2, 0.25) is 10.0 Å². The minimum atomic E-state index is -0.755. The molecule has 2 saturated heterocycles. The van der Waals surface area contributed by atoms with Gasteiger partial charge in [-0.2, -0.15) is 0 Å². The second-order valence-corrected chi connectivity index (χ2v) is 7.37. The molecule has 136 valence electrons. The Labute approximate surface area is 157 Å². The number of carbonyl (C=O) groups is 2. The first-order chi connectivity index (χ1) is 12.0. The molecule has 0 saturated carbocycles. The molecule has 0 bridgehead atoms. The lowest BCUT2D eigenvalue weighted by Gasteiger charge is -2.44. The van der Waals surface area contributed by atoms with Crippen LogP contribution < -0.4 is 0 Å². The highest BCUT2D eigenvalue weighted by Crippen LogP contribution is 2.40. The predicted molar refractivity (Wildman–Crippen MR) is 97.2 cm³/mol. The average Bonchev–Trinajstić information content (AvgIpc) is 3.02. The third-order valence-electron chi connectivity index (χ3n) is 5.18. The van der Waals surface area contributed by atoms with E-state index in [1.165, 1.54) is 0 Å². The third kappa shape index (κ3) is 3.25. The predicted octanol–water partition coefficient (Wildman–Crippen LogP) is 3.24. The highest BCUT2D eigenvalue weighted by Gasteiger charge is 2.52. The summed E-state index contributed by atoms with van der Waals surface area (Å²) in [5, 5.41) is 0.591. The van der Waals surface area contributed by atoms with E-state index in [0.717, 1.165) is 12.8 Å². The number of nitrogens with zero attached hydrogens (tertiary/aromatic N) is 2.